The van der Waals surface area contributed by atoms with Gasteiger partial charge in [-0.25, -0.2) is 15.1 Å². The van der Waals surface area contributed by atoms with Crippen LogP contribution in [-0.2, 0) is 9.59 Å². The third kappa shape index (κ3) is 18.3. The van der Waals surface area contributed by atoms with E-state index in [1.54, 1.807) is 11.5 Å². The summed E-state index contributed by atoms with van der Waals surface area (Å²) in [6, 6.07) is -0.950. The Balaban J connectivity index is 4.93. The Bertz CT molecular complexity index is 689. The van der Waals surface area contributed by atoms with Gasteiger partial charge in [-0.15, -0.1) is 0 Å². The standard InChI is InChI=1S/C22H43BN6O6/c1-4-5-6-7-8-9-10-11-14-20(30)26-18(13-12-15-25-22(24)28-29(34)35)21(31)27-19(23(32)33)16-17(2)3/h11,14,17-19,32-33H,4-10,12-13,15-16H2,1-3H3,(H,26,30)(H,27,31)(H3,24,25,28)/b14-11+/t18-,19-/m0/s1. The number of unbranched alkanes of at least 4 members (excludes halogenated alkanes) is 6. The van der Waals surface area contributed by atoms with Crippen molar-refractivity contribution in [3.8, 4) is 0 Å². The second-order valence-corrected chi connectivity index (χ2v) is 8.96. The van der Waals surface area contributed by atoms with Gasteiger partial charge in [0.2, 0.25) is 11.8 Å². The van der Waals surface area contributed by atoms with E-state index in [9.17, 15) is 29.8 Å². The highest BCUT2D eigenvalue weighted by Gasteiger charge is 2.29. The van der Waals surface area contributed by atoms with Gasteiger partial charge in [0.05, 0.1) is 5.94 Å². The van der Waals surface area contributed by atoms with Gasteiger partial charge < -0.3 is 26.4 Å². The van der Waals surface area contributed by atoms with Crippen LogP contribution in [0, 0.1) is 16.0 Å². The molecule has 0 radical (unpaired) electrons. The van der Waals surface area contributed by atoms with E-state index in [1.807, 2.05) is 13.8 Å². The van der Waals surface area contributed by atoms with Crippen LogP contribution in [0.25, 0.3) is 0 Å². The Hall–Kier alpha value is -2.67. The highest BCUT2D eigenvalue weighted by atomic mass is 16.7. The molecule has 0 aromatic rings. The first kappa shape index (κ1) is 32.3. The summed E-state index contributed by atoms with van der Waals surface area (Å²) in [7, 11) is -1.74. The molecule has 200 valence electrons. The topological polar surface area (TPSA) is 192 Å². The number of amides is 2. The summed E-state index contributed by atoms with van der Waals surface area (Å²) in [5.41, 5.74) is 7.10. The van der Waals surface area contributed by atoms with Crippen molar-refractivity contribution in [3.05, 3.63) is 22.3 Å². The number of allylic oxidation sites excluding steroid dienone is 1. The molecule has 12 nitrogen and oxygen atoms in total. The molecule has 0 aliphatic heterocycles. The van der Waals surface area contributed by atoms with Gasteiger partial charge in [-0.05, 0) is 44.1 Å². The van der Waals surface area contributed by atoms with Crippen molar-refractivity contribution in [1.82, 2.24) is 16.1 Å². The van der Waals surface area contributed by atoms with Gasteiger partial charge in [0, 0.05) is 6.54 Å². The van der Waals surface area contributed by atoms with E-state index in [4.69, 9.17) is 5.73 Å². The van der Waals surface area contributed by atoms with Crippen LogP contribution in [-0.4, -0.2) is 58.5 Å². The van der Waals surface area contributed by atoms with Crippen molar-refractivity contribution in [3.63, 3.8) is 0 Å². The number of hydrogen-bond donors (Lipinski definition) is 6. The third-order valence-electron chi connectivity index (χ3n) is 5.18. The summed E-state index contributed by atoms with van der Waals surface area (Å²) >= 11 is 0. The van der Waals surface area contributed by atoms with Gasteiger partial charge in [0.15, 0.2) is 5.03 Å². The van der Waals surface area contributed by atoms with E-state index < -0.39 is 35.9 Å². The molecule has 0 bridgehead atoms. The lowest BCUT2D eigenvalue weighted by Gasteiger charge is -2.23. The molecule has 2 amide bonds. The van der Waals surface area contributed by atoms with E-state index in [0.29, 0.717) is 12.8 Å². The quantitative estimate of drug-likeness (QED) is 0.0291. The zero-order valence-corrected chi connectivity index (χ0v) is 21.2. The fourth-order valence-corrected chi connectivity index (χ4v) is 3.39. The Labute approximate surface area is 208 Å². The van der Waals surface area contributed by atoms with E-state index in [0.717, 1.165) is 19.3 Å². The minimum absolute atomic E-state index is 0.0955. The molecule has 13 heteroatoms. The minimum Gasteiger partial charge on any atom is -0.426 e. The van der Waals surface area contributed by atoms with Gasteiger partial charge in [-0.2, -0.15) is 0 Å². The average Bonchev–Trinajstić information content (AvgIpc) is 2.76. The Morgan fingerprint density at radius 1 is 1.11 bits per heavy atom. The zero-order valence-electron chi connectivity index (χ0n) is 21.2. The highest BCUT2D eigenvalue weighted by molar-refractivity contribution is 6.43. The molecule has 0 aliphatic carbocycles. The van der Waals surface area contributed by atoms with E-state index >= 15 is 0 Å². The summed E-state index contributed by atoms with van der Waals surface area (Å²) in [5.74, 6) is -2.13. The van der Waals surface area contributed by atoms with Crippen LogP contribution in [0.5, 0.6) is 0 Å². The number of hydrogen-bond acceptors (Lipinski definition) is 7. The van der Waals surface area contributed by atoms with E-state index in [-0.39, 0.29) is 24.8 Å². The van der Waals surface area contributed by atoms with Crippen LogP contribution >= 0.6 is 0 Å². The molecule has 0 spiro atoms. The number of guanidine groups is 1. The third-order valence-corrected chi connectivity index (χ3v) is 5.18. The molecule has 35 heavy (non-hydrogen) atoms. The lowest BCUT2D eigenvalue weighted by molar-refractivity contribution is -0.525. The number of nitrogens with two attached hydrogens (primary N) is 1. The fourth-order valence-electron chi connectivity index (χ4n) is 3.39. The summed E-state index contributed by atoms with van der Waals surface area (Å²) < 4.78 is 0. The average molecular weight is 498 g/mol. The van der Waals surface area contributed by atoms with Crippen molar-refractivity contribution in [2.75, 3.05) is 6.54 Å². The maximum absolute atomic E-state index is 12.8. The van der Waals surface area contributed by atoms with Crippen LogP contribution < -0.4 is 21.8 Å². The summed E-state index contributed by atoms with van der Waals surface area (Å²) in [6.07, 6.45) is 11.7. The van der Waals surface area contributed by atoms with Crippen molar-refractivity contribution < 1.29 is 24.7 Å². The van der Waals surface area contributed by atoms with Crippen LogP contribution in [0.4, 0.5) is 0 Å². The predicted octanol–water partition coefficient (Wildman–Crippen LogP) is 1.20. The molecule has 7 N–H and O–H groups in total. The SMILES string of the molecule is CCCCCCCC/C=C/C(=O)N[C@@H](CCCN=C(N)N[N+](=O)[O-])C(=O)N[C@@H](CC(C)C)B(O)O. The van der Waals surface area contributed by atoms with Gasteiger partial charge in [0.1, 0.15) is 6.04 Å². The molecule has 0 rings (SSSR count). The highest BCUT2D eigenvalue weighted by Crippen LogP contribution is 2.09. The number of rotatable bonds is 19. The Morgan fingerprint density at radius 2 is 1.77 bits per heavy atom. The first-order valence-corrected chi connectivity index (χ1v) is 12.4. The first-order valence-electron chi connectivity index (χ1n) is 12.4. The monoisotopic (exact) mass is 498 g/mol. The van der Waals surface area contributed by atoms with Crippen molar-refractivity contribution in [2.45, 2.75) is 97.0 Å². The summed E-state index contributed by atoms with van der Waals surface area (Å²) in [5, 5.41) is 34.0. The molecular weight excluding hydrogens is 455 g/mol. The first-order chi connectivity index (χ1) is 16.6. The Kier molecular flexibility index (Phi) is 18.1. The molecule has 0 aliphatic rings. The number of nitrogens with one attached hydrogen (secondary N) is 3. The molecule has 0 saturated carbocycles. The second kappa shape index (κ2) is 19.6. The van der Waals surface area contributed by atoms with E-state index in [1.165, 1.54) is 31.8 Å². The fraction of sp³-hybridized carbons (Fsp3) is 0.773. The number of carbonyl (C=O) groups is 2. The molecule has 0 unspecified atom stereocenters. The maximum atomic E-state index is 12.8. The summed E-state index contributed by atoms with van der Waals surface area (Å²) in [4.78, 5) is 39.4. The van der Waals surface area contributed by atoms with Crippen LogP contribution in [0.3, 0.4) is 0 Å². The maximum Gasteiger partial charge on any atom is 0.475 e. The largest absolute Gasteiger partial charge is 0.475 e. The molecule has 0 fully saturated rings. The Morgan fingerprint density at radius 3 is 2.37 bits per heavy atom. The molecule has 0 heterocycles. The number of aliphatic imine (C=N–C) groups is 1. The van der Waals surface area contributed by atoms with Gasteiger partial charge in [-0.3, -0.25) is 9.59 Å². The minimum atomic E-state index is -1.74. The van der Waals surface area contributed by atoms with Gasteiger partial charge >= 0.3 is 7.12 Å². The number of hydrazine groups is 1. The van der Waals surface area contributed by atoms with Gasteiger partial charge in [0.25, 0.3) is 5.96 Å². The molecule has 0 aromatic heterocycles. The summed E-state index contributed by atoms with van der Waals surface area (Å²) in [6.45, 7) is 6.04. The number of nitro groups is 1. The lowest BCUT2D eigenvalue weighted by atomic mass is 9.75. The normalized spacial score (nSPS) is 13.5. The van der Waals surface area contributed by atoms with Crippen LogP contribution in [0.2, 0.25) is 0 Å². The van der Waals surface area contributed by atoms with Crippen LogP contribution in [0.1, 0.15) is 85.0 Å². The van der Waals surface area contributed by atoms with Crippen LogP contribution in [0.15, 0.2) is 17.1 Å². The molecular formula is C22H43BN6O6. The van der Waals surface area contributed by atoms with Crippen molar-refractivity contribution >= 4 is 24.9 Å². The van der Waals surface area contributed by atoms with E-state index in [2.05, 4.69) is 22.5 Å². The number of nitrogens with zero attached hydrogens (tertiary/aromatic N) is 2. The predicted molar refractivity (Wildman–Crippen MR) is 136 cm³/mol. The smallest absolute Gasteiger partial charge is 0.426 e. The lowest BCUT2D eigenvalue weighted by Crippen LogP contribution is -2.54. The zero-order chi connectivity index (χ0) is 26.6. The molecule has 0 aromatic carbocycles. The molecule has 0 saturated heterocycles. The van der Waals surface area contributed by atoms with Crippen molar-refractivity contribution in [1.29, 1.82) is 0 Å². The number of carbonyl (C=O) groups excluding carboxylic acids is 2. The molecule has 2 atom stereocenters. The van der Waals surface area contributed by atoms with Crippen molar-refractivity contribution in [2.24, 2.45) is 16.6 Å². The van der Waals surface area contributed by atoms with Gasteiger partial charge in [-0.1, -0.05) is 64.4 Å². The second-order valence-electron chi connectivity index (χ2n) is 8.96.